The molecule has 138 valence electrons. The fraction of sp³-hybridized carbons (Fsp3) is 1.00. The highest BCUT2D eigenvalue weighted by atomic mass is 16.6. The summed E-state index contributed by atoms with van der Waals surface area (Å²) >= 11 is 0. The molecule has 0 amide bonds. The first-order valence-electron chi connectivity index (χ1n) is 10.6. The lowest BCUT2D eigenvalue weighted by Gasteiger charge is -2.22. The van der Waals surface area contributed by atoms with E-state index in [4.69, 9.17) is 9.47 Å². The number of ether oxygens (including phenoxy) is 2. The molecule has 0 aromatic carbocycles. The molecule has 0 radical (unpaired) electrons. The van der Waals surface area contributed by atoms with Gasteiger partial charge in [-0.05, 0) is 6.42 Å². The molecule has 0 saturated carbocycles. The molecule has 1 rings (SSSR count). The molecule has 2 nitrogen and oxygen atoms in total. The fourth-order valence-electron chi connectivity index (χ4n) is 3.45. The van der Waals surface area contributed by atoms with Gasteiger partial charge in [-0.1, -0.05) is 103 Å². The van der Waals surface area contributed by atoms with Crippen molar-refractivity contribution in [3.05, 3.63) is 0 Å². The topological polar surface area (TPSA) is 18.5 Å². The van der Waals surface area contributed by atoms with Gasteiger partial charge in [-0.25, -0.2) is 0 Å². The fourth-order valence-corrected chi connectivity index (χ4v) is 3.45. The standard InChI is InChI=1S/C21H42O2/c1-2-3-4-5-6-7-8-9-10-11-12-13-14-15-16-17-21-20-22-18-19-23-21/h21H,2-20H2,1H3. The van der Waals surface area contributed by atoms with Crippen molar-refractivity contribution in [2.24, 2.45) is 0 Å². The van der Waals surface area contributed by atoms with Crippen molar-refractivity contribution in [1.29, 1.82) is 0 Å². The molecular formula is C21H42O2. The lowest BCUT2D eigenvalue weighted by Crippen LogP contribution is -2.28. The van der Waals surface area contributed by atoms with E-state index < -0.39 is 0 Å². The van der Waals surface area contributed by atoms with Gasteiger partial charge >= 0.3 is 0 Å². The highest BCUT2D eigenvalue weighted by Gasteiger charge is 2.13. The van der Waals surface area contributed by atoms with Gasteiger partial charge in [-0.3, -0.25) is 0 Å². The van der Waals surface area contributed by atoms with Gasteiger partial charge in [-0.2, -0.15) is 0 Å². The largest absolute Gasteiger partial charge is 0.376 e. The van der Waals surface area contributed by atoms with Crippen LogP contribution in [0.2, 0.25) is 0 Å². The lowest BCUT2D eigenvalue weighted by atomic mass is 10.0. The van der Waals surface area contributed by atoms with Gasteiger partial charge in [0.05, 0.1) is 25.9 Å². The van der Waals surface area contributed by atoms with E-state index in [0.29, 0.717) is 6.10 Å². The molecule has 1 unspecified atom stereocenters. The SMILES string of the molecule is CCCCCCCCCCCCCCCCCC1COCCO1. The van der Waals surface area contributed by atoms with E-state index in [9.17, 15) is 0 Å². The van der Waals surface area contributed by atoms with Gasteiger partial charge in [-0.15, -0.1) is 0 Å². The Labute approximate surface area is 145 Å². The van der Waals surface area contributed by atoms with Crippen LogP contribution >= 0.6 is 0 Å². The Morgan fingerprint density at radius 3 is 1.52 bits per heavy atom. The summed E-state index contributed by atoms with van der Waals surface area (Å²) in [7, 11) is 0. The van der Waals surface area contributed by atoms with Gasteiger partial charge in [0.15, 0.2) is 0 Å². The van der Waals surface area contributed by atoms with Gasteiger partial charge in [0.2, 0.25) is 0 Å². The van der Waals surface area contributed by atoms with Gasteiger partial charge in [0.1, 0.15) is 0 Å². The normalized spacial score (nSPS) is 18.4. The summed E-state index contributed by atoms with van der Waals surface area (Å²) in [4.78, 5) is 0. The Balaban J connectivity index is 1.67. The molecule has 1 heterocycles. The molecule has 23 heavy (non-hydrogen) atoms. The van der Waals surface area contributed by atoms with Crippen molar-refractivity contribution < 1.29 is 9.47 Å². The summed E-state index contributed by atoms with van der Waals surface area (Å²) in [5, 5.41) is 0. The van der Waals surface area contributed by atoms with Crippen LogP contribution in [0.4, 0.5) is 0 Å². The van der Waals surface area contributed by atoms with Crippen molar-refractivity contribution in [1.82, 2.24) is 0 Å². The van der Waals surface area contributed by atoms with E-state index >= 15 is 0 Å². The second-order valence-corrected chi connectivity index (χ2v) is 7.31. The summed E-state index contributed by atoms with van der Waals surface area (Å²) in [6, 6.07) is 0. The molecule has 1 aliphatic heterocycles. The predicted octanol–water partition coefficient (Wildman–Crippen LogP) is 6.66. The minimum absolute atomic E-state index is 0.380. The molecule has 1 aliphatic rings. The zero-order valence-corrected chi connectivity index (χ0v) is 15.8. The van der Waals surface area contributed by atoms with E-state index in [1.165, 1.54) is 103 Å². The van der Waals surface area contributed by atoms with Crippen LogP contribution in [0.25, 0.3) is 0 Å². The number of unbranched alkanes of at least 4 members (excludes halogenated alkanes) is 14. The second kappa shape index (κ2) is 16.8. The highest BCUT2D eigenvalue weighted by molar-refractivity contribution is 4.61. The van der Waals surface area contributed by atoms with Crippen LogP contribution in [0, 0.1) is 0 Å². The number of hydrogen-bond donors (Lipinski definition) is 0. The quantitative estimate of drug-likeness (QED) is 0.295. The molecule has 0 aromatic rings. The zero-order valence-electron chi connectivity index (χ0n) is 15.8. The Morgan fingerprint density at radius 1 is 0.609 bits per heavy atom. The van der Waals surface area contributed by atoms with Gasteiger partial charge < -0.3 is 9.47 Å². The maximum Gasteiger partial charge on any atom is 0.0809 e. The second-order valence-electron chi connectivity index (χ2n) is 7.31. The molecule has 0 N–H and O–H groups in total. The van der Waals surface area contributed by atoms with Crippen LogP contribution in [0.15, 0.2) is 0 Å². The third-order valence-electron chi connectivity index (χ3n) is 5.01. The average Bonchev–Trinajstić information content (AvgIpc) is 2.59. The summed E-state index contributed by atoms with van der Waals surface area (Å²) in [6.07, 6.45) is 23.0. The minimum atomic E-state index is 0.380. The smallest absolute Gasteiger partial charge is 0.0809 e. The van der Waals surface area contributed by atoms with Crippen molar-refractivity contribution in [2.75, 3.05) is 19.8 Å². The molecular weight excluding hydrogens is 284 g/mol. The molecule has 0 spiro atoms. The van der Waals surface area contributed by atoms with Crippen LogP contribution in [0.1, 0.15) is 110 Å². The first-order chi connectivity index (χ1) is 11.4. The molecule has 0 aliphatic carbocycles. The minimum Gasteiger partial charge on any atom is -0.376 e. The average molecular weight is 327 g/mol. The first-order valence-corrected chi connectivity index (χ1v) is 10.6. The first kappa shape index (κ1) is 21.0. The molecule has 2 heteroatoms. The van der Waals surface area contributed by atoms with E-state index in [2.05, 4.69) is 6.92 Å². The number of rotatable bonds is 16. The van der Waals surface area contributed by atoms with E-state index in [-0.39, 0.29) is 0 Å². The van der Waals surface area contributed by atoms with Crippen LogP contribution in [-0.2, 0) is 9.47 Å². The Kier molecular flexibility index (Phi) is 15.3. The highest BCUT2D eigenvalue weighted by Crippen LogP contribution is 2.15. The van der Waals surface area contributed by atoms with Crippen molar-refractivity contribution in [3.63, 3.8) is 0 Å². The molecule has 1 saturated heterocycles. The third kappa shape index (κ3) is 14.0. The molecule has 0 aromatic heterocycles. The summed E-state index contributed by atoms with van der Waals surface area (Å²) in [5.74, 6) is 0. The van der Waals surface area contributed by atoms with E-state index in [1.807, 2.05) is 0 Å². The summed E-state index contributed by atoms with van der Waals surface area (Å²) in [5.41, 5.74) is 0. The Morgan fingerprint density at radius 2 is 1.09 bits per heavy atom. The van der Waals surface area contributed by atoms with Crippen LogP contribution < -0.4 is 0 Å². The number of hydrogen-bond acceptors (Lipinski definition) is 2. The maximum absolute atomic E-state index is 5.67. The van der Waals surface area contributed by atoms with Crippen LogP contribution in [-0.4, -0.2) is 25.9 Å². The monoisotopic (exact) mass is 326 g/mol. The zero-order chi connectivity index (χ0) is 16.4. The molecule has 0 bridgehead atoms. The van der Waals surface area contributed by atoms with Crippen molar-refractivity contribution >= 4 is 0 Å². The van der Waals surface area contributed by atoms with Crippen LogP contribution in [0.5, 0.6) is 0 Å². The maximum atomic E-state index is 5.67. The van der Waals surface area contributed by atoms with Crippen molar-refractivity contribution in [2.45, 2.75) is 116 Å². The van der Waals surface area contributed by atoms with Crippen molar-refractivity contribution in [3.8, 4) is 0 Å². The van der Waals surface area contributed by atoms with Gasteiger partial charge in [0, 0.05) is 0 Å². The Bertz CT molecular complexity index is 224. The van der Waals surface area contributed by atoms with Crippen LogP contribution in [0.3, 0.4) is 0 Å². The summed E-state index contributed by atoms with van der Waals surface area (Å²) < 4.78 is 11.1. The Hall–Kier alpha value is -0.0800. The van der Waals surface area contributed by atoms with Gasteiger partial charge in [0.25, 0.3) is 0 Å². The molecule has 1 fully saturated rings. The third-order valence-corrected chi connectivity index (χ3v) is 5.01. The lowest BCUT2D eigenvalue weighted by molar-refractivity contribution is -0.0912. The molecule has 1 atom stereocenters. The van der Waals surface area contributed by atoms with E-state index in [0.717, 1.165) is 19.8 Å². The predicted molar refractivity (Wildman–Crippen MR) is 100 cm³/mol. The summed E-state index contributed by atoms with van der Waals surface area (Å²) in [6.45, 7) is 4.69. The van der Waals surface area contributed by atoms with E-state index in [1.54, 1.807) is 0 Å².